The maximum atomic E-state index is 11.0. The van der Waals surface area contributed by atoms with Crippen LogP contribution < -0.4 is 0 Å². The van der Waals surface area contributed by atoms with E-state index in [9.17, 15) is 14.9 Å². The van der Waals surface area contributed by atoms with Gasteiger partial charge in [0, 0.05) is 17.8 Å². The van der Waals surface area contributed by atoms with E-state index in [0.29, 0.717) is 19.4 Å². The minimum absolute atomic E-state index is 0.327. The Morgan fingerprint density at radius 2 is 2.50 bits per heavy atom. The van der Waals surface area contributed by atoms with Crippen LogP contribution in [0.25, 0.3) is 0 Å². The van der Waals surface area contributed by atoms with E-state index in [1.165, 1.54) is 0 Å². The summed E-state index contributed by atoms with van der Waals surface area (Å²) < 4.78 is 4.66. The van der Waals surface area contributed by atoms with Crippen LogP contribution in [0.2, 0.25) is 0 Å². The van der Waals surface area contributed by atoms with Crippen LogP contribution in [0.3, 0.4) is 0 Å². The number of nitrogens with zero attached hydrogens (tertiary/aromatic N) is 1. The standard InChI is InChI=1S/C7H11NO4/c1-2-6(8(10)11)5-3-4-12-7(5)9/h5-6H,2-4H2,1H3/t5-,6-/m1/s1. The summed E-state index contributed by atoms with van der Waals surface area (Å²) in [4.78, 5) is 21.0. The lowest BCUT2D eigenvalue weighted by molar-refractivity contribution is -0.529. The molecule has 1 heterocycles. The molecule has 1 aliphatic heterocycles. The van der Waals surface area contributed by atoms with Crippen molar-refractivity contribution in [2.75, 3.05) is 6.61 Å². The number of carbonyl (C=O) groups is 1. The van der Waals surface area contributed by atoms with Gasteiger partial charge in [0.05, 0.1) is 6.61 Å². The normalized spacial score (nSPS) is 25.1. The molecule has 0 spiro atoms. The lowest BCUT2D eigenvalue weighted by atomic mass is 9.97. The zero-order valence-electron chi connectivity index (χ0n) is 6.86. The smallest absolute Gasteiger partial charge is 0.316 e. The molecule has 0 amide bonds. The first kappa shape index (κ1) is 8.96. The zero-order chi connectivity index (χ0) is 9.14. The van der Waals surface area contributed by atoms with E-state index >= 15 is 0 Å². The summed E-state index contributed by atoms with van der Waals surface area (Å²) in [6.45, 7) is 2.03. The Bertz CT molecular complexity index is 204. The fourth-order valence-electron chi connectivity index (χ4n) is 1.44. The van der Waals surface area contributed by atoms with Gasteiger partial charge in [0.1, 0.15) is 5.92 Å². The minimum Gasteiger partial charge on any atom is -0.465 e. The van der Waals surface area contributed by atoms with Crippen LogP contribution in [0.15, 0.2) is 0 Å². The van der Waals surface area contributed by atoms with Crippen molar-refractivity contribution in [3.63, 3.8) is 0 Å². The van der Waals surface area contributed by atoms with Gasteiger partial charge < -0.3 is 4.74 Å². The average molecular weight is 173 g/mol. The van der Waals surface area contributed by atoms with Gasteiger partial charge in [0.25, 0.3) is 0 Å². The van der Waals surface area contributed by atoms with Crippen molar-refractivity contribution in [3.05, 3.63) is 10.1 Å². The summed E-state index contributed by atoms with van der Waals surface area (Å²) >= 11 is 0. The maximum absolute atomic E-state index is 11.0. The average Bonchev–Trinajstić information content (AvgIpc) is 2.38. The van der Waals surface area contributed by atoms with Gasteiger partial charge in [-0.15, -0.1) is 0 Å². The van der Waals surface area contributed by atoms with Gasteiger partial charge >= 0.3 is 5.97 Å². The molecule has 1 fully saturated rings. The van der Waals surface area contributed by atoms with E-state index in [2.05, 4.69) is 4.74 Å². The van der Waals surface area contributed by atoms with Gasteiger partial charge in [-0.2, -0.15) is 0 Å². The van der Waals surface area contributed by atoms with Crippen LogP contribution in [0.4, 0.5) is 0 Å². The van der Waals surface area contributed by atoms with Gasteiger partial charge in [-0.3, -0.25) is 14.9 Å². The number of hydrogen-bond acceptors (Lipinski definition) is 4. The third-order valence-corrected chi connectivity index (χ3v) is 2.13. The van der Waals surface area contributed by atoms with Crippen molar-refractivity contribution < 1.29 is 14.5 Å². The highest BCUT2D eigenvalue weighted by Crippen LogP contribution is 2.22. The first-order valence-corrected chi connectivity index (χ1v) is 3.97. The highest BCUT2D eigenvalue weighted by atomic mass is 16.6. The summed E-state index contributed by atoms with van der Waals surface area (Å²) in [5.74, 6) is -0.941. The number of esters is 1. The van der Waals surface area contributed by atoms with Gasteiger partial charge in [0.15, 0.2) is 0 Å². The van der Waals surface area contributed by atoms with Crippen molar-refractivity contribution in [2.24, 2.45) is 5.92 Å². The van der Waals surface area contributed by atoms with Gasteiger partial charge in [-0.05, 0) is 0 Å². The van der Waals surface area contributed by atoms with E-state index in [-0.39, 0.29) is 0 Å². The van der Waals surface area contributed by atoms with E-state index in [0.717, 1.165) is 0 Å². The number of hydrogen-bond donors (Lipinski definition) is 0. The quantitative estimate of drug-likeness (QED) is 0.356. The van der Waals surface area contributed by atoms with E-state index in [4.69, 9.17) is 0 Å². The Hall–Kier alpha value is -1.13. The summed E-state index contributed by atoms with van der Waals surface area (Å²) in [6, 6.07) is -0.764. The molecule has 0 saturated carbocycles. The Labute approximate surface area is 69.9 Å². The molecule has 0 aromatic rings. The molecule has 0 aromatic heterocycles. The second-order valence-corrected chi connectivity index (χ2v) is 2.82. The summed E-state index contributed by atoms with van der Waals surface area (Å²) in [6.07, 6.45) is 0.866. The predicted molar refractivity (Wildman–Crippen MR) is 40.1 cm³/mol. The fraction of sp³-hybridized carbons (Fsp3) is 0.857. The topological polar surface area (TPSA) is 69.4 Å². The van der Waals surface area contributed by atoms with Crippen LogP contribution in [-0.2, 0) is 9.53 Å². The molecule has 0 unspecified atom stereocenters. The van der Waals surface area contributed by atoms with Crippen molar-refractivity contribution in [1.29, 1.82) is 0 Å². The molecule has 0 N–H and O–H groups in total. The summed E-state index contributed by atoms with van der Waals surface area (Å²) in [5.41, 5.74) is 0. The first-order valence-electron chi connectivity index (χ1n) is 3.97. The molecule has 0 aliphatic carbocycles. The molecular weight excluding hydrogens is 162 g/mol. The molecular formula is C7H11NO4. The molecule has 2 atom stereocenters. The molecule has 1 saturated heterocycles. The van der Waals surface area contributed by atoms with E-state index in [1.54, 1.807) is 6.92 Å². The van der Waals surface area contributed by atoms with Crippen molar-refractivity contribution in [3.8, 4) is 0 Å². The Morgan fingerprint density at radius 1 is 1.83 bits per heavy atom. The highest BCUT2D eigenvalue weighted by Gasteiger charge is 2.40. The third kappa shape index (κ3) is 1.54. The molecule has 68 valence electrons. The Morgan fingerprint density at radius 3 is 2.83 bits per heavy atom. The van der Waals surface area contributed by atoms with E-state index in [1.807, 2.05) is 0 Å². The number of rotatable bonds is 3. The van der Waals surface area contributed by atoms with E-state index < -0.39 is 22.9 Å². The Balaban J connectivity index is 2.65. The van der Waals surface area contributed by atoms with Crippen LogP contribution >= 0.6 is 0 Å². The van der Waals surface area contributed by atoms with Crippen LogP contribution in [0.1, 0.15) is 19.8 Å². The molecule has 5 heteroatoms. The molecule has 5 nitrogen and oxygen atoms in total. The van der Waals surface area contributed by atoms with Crippen LogP contribution in [0, 0.1) is 16.0 Å². The van der Waals surface area contributed by atoms with Gasteiger partial charge in [-0.25, -0.2) is 0 Å². The predicted octanol–water partition coefficient (Wildman–Crippen LogP) is 0.605. The van der Waals surface area contributed by atoms with Crippen LogP contribution in [-0.4, -0.2) is 23.5 Å². The molecule has 0 bridgehead atoms. The lowest BCUT2D eigenvalue weighted by Gasteiger charge is -2.09. The van der Waals surface area contributed by atoms with Crippen molar-refractivity contribution in [1.82, 2.24) is 0 Å². The highest BCUT2D eigenvalue weighted by molar-refractivity contribution is 5.74. The summed E-state index contributed by atoms with van der Waals surface area (Å²) in [7, 11) is 0. The van der Waals surface area contributed by atoms with Crippen LogP contribution in [0.5, 0.6) is 0 Å². The number of ether oxygens (including phenoxy) is 1. The maximum Gasteiger partial charge on any atom is 0.316 e. The number of nitro groups is 1. The second-order valence-electron chi connectivity index (χ2n) is 2.82. The van der Waals surface area contributed by atoms with Crippen molar-refractivity contribution >= 4 is 5.97 Å². The second kappa shape index (κ2) is 3.51. The Kier molecular flexibility index (Phi) is 2.62. The zero-order valence-corrected chi connectivity index (χ0v) is 6.86. The monoisotopic (exact) mass is 173 g/mol. The molecule has 0 radical (unpaired) electrons. The molecule has 0 aromatic carbocycles. The van der Waals surface area contributed by atoms with Gasteiger partial charge in [-0.1, -0.05) is 6.92 Å². The SMILES string of the molecule is CC[C@H]([C@H]1CCOC1=O)[N+](=O)[O-]. The molecule has 12 heavy (non-hydrogen) atoms. The summed E-state index contributed by atoms with van der Waals surface area (Å²) in [5, 5.41) is 10.5. The lowest BCUT2D eigenvalue weighted by Crippen LogP contribution is -2.31. The molecule has 1 rings (SSSR count). The number of cyclic esters (lactones) is 1. The van der Waals surface area contributed by atoms with Gasteiger partial charge in [0.2, 0.25) is 6.04 Å². The third-order valence-electron chi connectivity index (χ3n) is 2.13. The number of carbonyl (C=O) groups excluding carboxylic acids is 1. The van der Waals surface area contributed by atoms with Crippen molar-refractivity contribution in [2.45, 2.75) is 25.8 Å². The first-order chi connectivity index (χ1) is 5.66. The largest absolute Gasteiger partial charge is 0.465 e. The minimum atomic E-state index is -0.764. The fourth-order valence-corrected chi connectivity index (χ4v) is 1.44. The molecule has 1 aliphatic rings.